The molecular weight excluding hydrogens is 429 g/mol. The van der Waals surface area contributed by atoms with E-state index in [1.807, 2.05) is 0 Å². The van der Waals surface area contributed by atoms with Crippen LogP contribution in [0, 0.1) is 0 Å². The molecule has 0 aliphatic rings. The second-order valence-electron chi connectivity index (χ2n) is 6.80. The first-order valence-corrected chi connectivity index (χ1v) is 10.9. The molecule has 1 aromatic heterocycles. The molecule has 0 aliphatic carbocycles. The van der Waals surface area contributed by atoms with E-state index in [0.29, 0.717) is 22.8 Å². The largest absolute Gasteiger partial charge is 0.457 e. The van der Waals surface area contributed by atoms with Crippen molar-refractivity contribution in [1.82, 2.24) is 9.97 Å². The number of benzene rings is 3. The molecule has 0 bridgehead atoms. The van der Waals surface area contributed by atoms with Crippen molar-refractivity contribution in [3.05, 3.63) is 78.5 Å². The maximum atomic E-state index is 13.1. The van der Waals surface area contributed by atoms with Gasteiger partial charge in [-0.2, -0.15) is 13.2 Å². The Bertz CT molecular complexity index is 1370. The third kappa shape index (κ3) is 4.51. The third-order valence-electron chi connectivity index (χ3n) is 4.50. The molecule has 0 amide bonds. The summed E-state index contributed by atoms with van der Waals surface area (Å²) in [6.07, 6.45) is -2.10. The second-order valence-corrected chi connectivity index (χ2v) is 8.82. The van der Waals surface area contributed by atoms with Crippen molar-refractivity contribution in [3.63, 3.8) is 0 Å². The fourth-order valence-corrected chi connectivity index (χ4v) is 3.66. The summed E-state index contributed by atoms with van der Waals surface area (Å²) >= 11 is 0. The van der Waals surface area contributed by atoms with Gasteiger partial charge in [-0.05, 0) is 54.6 Å². The number of aromatic nitrogens is 2. The molecule has 0 fully saturated rings. The van der Waals surface area contributed by atoms with Crippen molar-refractivity contribution in [2.45, 2.75) is 11.1 Å². The molecule has 0 unspecified atom stereocenters. The highest BCUT2D eigenvalue weighted by Crippen LogP contribution is 2.34. The van der Waals surface area contributed by atoms with Crippen LogP contribution in [0.2, 0.25) is 0 Å². The molecule has 0 aliphatic heterocycles. The van der Waals surface area contributed by atoms with E-state index in [9.17, 15) is 21.6 Å². The average Bonchev–Trinajstić information content (AvgIpc) is 2.72. The molecule has 4 aromatic rings. The van der Waals surface area contributed by atoms with Crippen LogP contribution in [-0.2, 0) is 16.0 Å². The van der Waals surface area contributed by atoms with E-state index in [4.69, 9.17) is 4.74 Å². The summed E-state index contributed by atoms with van der Waals surface area (Å²) < 4.78 is 68.5. The number of rotatable bonds is 4. The van der Waals surface area contributed by atoms with Gasteiger partial charge < -0.3 is 4.74 Å². The molecule has 5 nitrogen and oxygen atoms in total. The number of fused-ring (bicyclic) bond motifs is 1. The normalized spacial score (nSPS) is 12.1. The molecule has 31 heavy (non-hydrogen) atoms. The van der Waals surface area contributed by atoms with Crippen LogP contribution in [0.15, 0.2) is 77.8 Å². The summed E-state index contributed by atoms with van der Waals surface area (Å²) in [5.74, 6) is 0.823. The van der Waals surface area contributed by atoms with Crippen molar-refractivity contribution in [2.24, 2.45) is 0 Å². The molecule has 0 spiro atoms. The Morgan fingerprint density at radius 1 is 0.903 bits per heavy atom. The van der Waals surface area contributed by atoms with Gasteiger partial charge in [0.25, 0.3) is 0 Å². The zero-order valence-electron chi connectivity index (χ0n) is 16.1. The van der Waals surface area contributed by atoms with Crippen LogP contribution < -0.4 is 4.74 Å². The summed E-state index contributed by atoms with van der Waals surface area (Å²) in [5, 5.41) is 0. The minimum absolute atomic E-state index is 0.144. The van der Waals surface area contributed by atoms with E-state index in [1.165, 1.54) is 30.5 Å². The minimum atomic E-state index is -4.51. The molecule has 1 heterocycles. The molecule has 0 saturated heterocycles. The molecule has 9 heteroatoms. The predicted molar refractivity (Wildman–Crippen MR) is 110 cm³/mol. The van der Waals surface area contributed by atoms with Crippen LogP contribution >= 0.6 is 0 Å². The Hall–Kier alpha value is -3.46. The number of para-hydroxylation sites is 1. The van der Waals surface area contributed by atoms with Crippen LogP contribution in [0.3, 0.4) is 0 Å². The lowest BCUT2D eigenvalue weighted by Crippen LogP contribution is -2.07. The standard InChI is InChI=1S/C22H15F3N2O3S/c1-31(28,29)17-5-2-4-16(12-17)30-15-10-8-14(9-11-15)20-13-26-21-18(22(23,24)25)6-3-7-19(21)27-20/h2-13H,1H3. The number of ether oxygens (including phenoxy) is 1. The van der Waals surface area contributed by atoms with Gasteiger partial charge in [-0.15, -0.1) is 0 Å². The van der Waals surface area contributed by atoms with Crippen molar-refractivity contribution in [2.75, 3.05) is 6.26 Å². The highest BCUT2D eigenvalue weighted by atomic mass is 32.2. The SMILES string of the molecule is CS(=O)(=O)c1cccc(Oc2ccc(-c3cnc4c(C(F)(F)F)cccc4n3)cc2)c1. The van der Waals surface area contributed by atoms with Crippen LogP contribution in [0.4, 0.5) is 13.2 Å². The van der Waals surface area contributed by atoms with E-state index in [2.05, 4.69) is 9.97 Å². The monoisotopic (exact) mass is 444 g/mol. The Morgan fingerprint density at radius 2 is 1.61 bits per heavy atom. The lowest BCUT2D eigenvalue weighted by atomic mass is 10.1. The third-order valence-corrected chi connectivity index (χ3v) is 5.61. The minimum Gasteiger partial charge on any atom is -0.457 e. The van der Waals surface area contributed by atoms with Gasteiger partial charge in [0.1, 0.15) is 17.0 Å². The molecule has 0 radical (unpaired) electrons. The number of hydrogen-bond acceptors (Lipinski definition) is 5. The van der Waals surface area contributed by atoms with Crippen LogP contribution in [0.25, 0.3) is 22.3 Å². The van der Waals surface area contributed by atoms with E-state index < -0.39 is 21.6 Å². The Balaban J connectivity index is 1.61. The van der Waals surface area contributed by atoms with E-state index >= 15 is 0 Å². The lowest BCUT2D eigenvalue weighted by Gasteiger charge is -2.10. The summed E-state index contributed by atoms with van der Waals surface area (Å²) in [6.45, 7) is 0. The topological polar surface area (TPSA) is 69.2 Å². The zero-order chi connectivity index (χ0) is 22.2. The van der Waals surface area contributed by atoms with Crippen molar-refractivity contribution < 1.29 is 26.3 Å². The van der Waals surface area contributed by atoms with Gasteiger partial charge in [0.05, 0.1) is 27.9 Å². The van der Waals surface area contributed by atoms with Crippen molar-refractivity contribution in [3.8, 4) is 22.8 Å². The number of alkyl halides is 3. The summed E-state index contributed by atoms with van der Waals surface area (Å²) in [7, 11) is -3.36. The average molecular weight is 444 g/mol. The predicted octanol–water partition coefficient (Wildman–Crippen LogP) is 5.51. The van der Waals surface area contributed by atoms with Crippen LogP contribution in [0.5, 0.6) is 11.5 Å². The summed E-state index contributed by atoms with van der Waals surface area (Å²) in [4.78, 5) is 8.42. The molecule has 0 saturated carbocycles. The van der Waals surface area contributed by atoms with E-state index in [-0.39, 0.29) is 15.9 Å². The lowest BCUT2D eigenvalue weighted by molar-refractivity contribution is -0.136. The van der Waals surface area contributed by atoms with Gasteiger partial charge in [0.15, 0.2) is 9.84 Å². The molecule has 158 valence electrons. The van der Waals surface area contributed by atoms with Gasteiger partial charge in [-0.25, -0.2) is 13.4 Å². The van der Waals surface area contributed by atoms with Gasteiger partial charge >= 0.3 is 6.18 Å². The van der Waals surface area contributed by atoms with Gasteiger partial charge in [-0.3, -0.25) is 4.98 Å². The molecule has 3 aromatic carbocycles. The maximum Gasteiger partial charge on any atom is 0.418 e. The fraction of sp³-hybridized carbons (Fsp3) is 0.0909. The first kappa shape index (κ1) is 20.8. The van der Waals surface area contributed by atoms with E-state index in [1.54, 1.807) is 36.4 Å². The highest BCUT2D eigenvalue weighted by Gasteiger charge is 2.33. The van der Waals surface area contributed by atoms with Crippen molar-refractivity contribution in [1.29, 1.82) is 0 Å². The van der Waals surface area contributed by atoms with Crippen molar-refractivity contribution >= 4 is 20.9 Å². The number of nitrogens with zero attached hydrogens (tertiary/aromatic N) is 2. The van der Waals surface area contributed by atoms with E-state index in [0.717, 1.165) is 12.3 Å². The van der Waals surface area contributed by atoms with Gasteiger partial charge in [0.2, 0.25) is 0 Å². The van der Waals surface area contributed by atoms with Crippen LogP contribution in [0.1, 0.15) is 5.56 Å². The summed E-state index contributed by atoms with van der Waals surface area (Å²) in [6, 6.07) is 16.6. The molecular formula is C22H15F3N2O3S. The Morgan fingerprint density at radius 3 is 2.29 bits per heavy atom. The van der Waals surface area contributed by atoms with Gasteiger partial charge in [-0.1, -0.05) is 12.1 Å². The Labute approximate surface area is 176 Å². The molecule has 0 N–H and O–H groups in total. The number of sulfone groups is 1. The first-order valence-electron chi connectivity index (χ1n) is 9.03. The zero-order valence-corrected chi connectivity index (χ0v) is 16.9. The molecule has 0 atom stereocenters. The Kier molecular flexibility index (Phi) is 5.14. The quantitative estimate of drug-likeness (QED) is 0.415. The summed E-state index contributed by atoms with van der Waals surface area (Å²) in [5.41, 5.74) is 0.167. The smallest absolute Gasteiger partial charge is 0.418 e. The highest BCUT2D eigenvalue weighted by molar-refractivity contribution is 7.90. The fourth-order valence-electron chi connectivity index (χ4n) is 3.01. The van der Waals surface area contributed by atoms with Crippen LogP contribution in [-0.4, -0.2) is 24.6 Å². The number of halogens is 3. The first-order chi connectivity index (χ1) is 14.6. The number of hydrogen-bond donors (Lipinski definition) is 0. The molecule has 4 rings (SSSR count). The van der Waals surface area contributed by atoms with Gasteiger partial charge in [0, 0.05) is 11.8 Å². The second kappa shape index (κ2) is 7.66. The maximum absolute atomic E-state index is 13.1.